The van der Waals surface area contributed by atoms with Gasteiger partial charge in [0.1, 0.15) is 17.3 Å². The van der Waals surface area contributed by atoms with Crippen LogP contribution in [0.3, 0.4) is 0 Å². The number of carboxylic acids is 1. The molecule has 1 saturated carbocycles. The molecular formula is C14H14O5. The van der Waals surface area contributed by atoms with Crippen LogP contribution in [0.2, 0.25) is 0 Å². The Labute approximate surface area is 109 Å². The summed E-state index contributed by atoms with van der Waals surface area (Å²) in [6.45, 7) is 2.15. The maximum atomic E-state index is 10.7. The molecule has 2 heterocycles. The monoisotopic (exact) mass is 262 g/mol. The van der Waals surface area contributed by atoms with Crippen LogP contribution in [-0.2, 0) is 0 Å². The second-order valence-corrected chi connectivity index (χ2v) is 4.97. The first-order valence-electron chi connectivity index (χ1n) is 6.17. The second-order valence-electron chi connectivity index (χ2n) is 4.97. The summed E-state index contributed by atoms with van der Waals surface area (Å²) in [7, 11) is 0. The fraction of sp³-hybridized carbons (Fsp3) is 0.357. The van der Waals surface area contributed by atoms with Crippen LogP contribution >= 0.6 is 0 Å². The van der Waals surface area contributed by atoms with Gasteiger partial charge in [-0.05, 0) is 36.6 Å². The smallest absolute Gasteiger partial charge is 0.371 e. The SMILES string of the molecule is CC1CC1c1ccc(C(O)c2ccc(C(=O)O)o2)o1. The predicted molar refractivity (Wildman–Crippen MR) is 65.0 cm³/mol. The van der Waals surface area contributed by atoms with E-state index in [1.54, 1.807) is 6.07 Å². The van der Waals surface area contributed by atoms with Crippen molar-refractivity contribution in [3.8, 4) is 0 Å². The molecule has 100 valence electrons. The lowest BCUT2D eigenvalue weighted by Crippen LogP contribution is -1.97. The standard InChI is InChI=1S/C14H14O5/c1-7-6-8(7)9-2-3-10(18-9)13(15)11-4-5-12(19-11)14(16)17/h2-5,7-8,13,15H,6H2,1H3,(H,16,17). The number of aliphatic hydroxyl groups excluding tert-OH is 1. The Balaban J connectivity index is 1.80. The third-order valence-corrected chi connectivity index (χ3v) is 3.50. The second kappa shape index (κ2) is 4.28. The zero-order chi connectivity index (χ0) is 13.6. The molecule has 0 amide bonds. The summed E-state index contributed by atoms with van der Waals surface area (Å²) in [5.74, 6) is 1.11. The highest BCUT2D eigenvalue weighted by molar-refractivity contribution is 5.84. The minimum Gasteiger partial charge on any atom is -0.475 e. The minimum atomic E-state index is -1.16. The van der Waals surface area contributed by atoms with Gasteiger partial charge in [0, 0.05) is 5.92 Å². The van der Waals surface area contributed by atoms with Gasteiger partial charge in [-0.2, -0.15) is 0 Å². The maximum Gasteiger partial charge on any atom is 0.371 e. The predicted octanol–water partition coefficient (Wildman–Crippen LogP) is 2.78. The van der Waals surface area contributed by atoms with Crippen LogP contribution in [-0.4, -0.2) is 16.2 Å². The lowest BCUT2D eigenvalue weighted by Gasteiger charge is -2.03. The van der Waals surface area contributed by atoms with Crippen molar-refractivity contribution in [3.63, 3.8) is 0 Å². The summed E-state index contributed by atoms with van der Waals surface area (Å²) in [5.41, 5.74) is 0. The van der Waals surface area contributed by atoms with Crippen molar-refractivity contribution in [3.05, 3.63) is 47.3 Å². The highest BCUT2D eigenvalue weighted by Crippen LogP contribution is 2.47. The van der Waals surface area contributed by atoms with Crippen LogP contribution in [0.15, 0.2) is 33.1 Å². The van der Waals surface area contributed by atoms with Gasteiger partial charge in [-0.15, -0.1) is 0 Å². The molecule has 2 N–H and O–H groups in total. The summed E-state index contributed by atoms with van der Waals surface area (Å²) in [6, 6.07) is 6.31. The van der Waals surface area contributed by atoms with Crippen LogP contribution in [0.5, 0.6) is 0 Å². The van der Waals surface area contributed by atoms with E-state index in [4.69, 9.17) is 13.9 Å². The van der Waals surface area contributed by atoms with Crippen LogP contribution in [0.1, 0.15) is 53.2 Å². The molecule has 1 aliphatic rings. The van der Waals surface area contributed by atoms with E-state index in [9.17, 15) is 9.90 Å². The molecular weight excluding hydrogens is 248 g/mol. The topological polar surface area (TPSA) is 83.8 Å². The Kier molecular flexibility index (Phi) is 2.71. The van der Waals surface area contributed by atoms with Crippen molar-refractivity contribution >= 4 is 5.97 Å². The van der Waals surface area contributed by atoms with Crippen molar-refractivity contribution in [2.75, 3.05) is 0 Å². The molecule has 0 bridgehead atoms. The number of rotatable bonds is 4. The Hall–Kier alpha value is -2.01. The average Bonchev–Trinajstić information content (AvgIpc) is 2.90. The summed E-state index contributed by atoms with van der Waals surface area (Å²) in [6.07, 6.45) is 0.0309. The molecule has 3 rings (SSSR count). The van der Waals surface area contributed by atoms with Crippen molar-refractivity contribution < 1.29 is 23.8 Å². The number of aromatic carboxylic acids is 1. The number of carbonyl (C=O) groups is 1. The van der Waals surface area contributed by atoms with Gasteiger partial charge in [-0.1, -0.05) is 6.92 Å². The molecule has 0 spiro atoms. The molecule has 3 atom stereocenters. The van der Waals surface area contributed by atoms with E-state index < -0.39 is 12.1 Å². The first kappa shape index (κ1) is 12.0. The van der Waals surface area contributed by atoms with Crippen LogP contribution in [0.25, 0.3) is 0 Å². The van der Waals surface area contributed by atoms with Crippen molar-refractivity contribution in [2.24, 2.45) is 5.92 Å². The highest BCUT2D eigenvalue weighted by atomic mass is 16.4. The molecule has 0 aromatic carbocycles. The first-order chi connectivity index (χ1) is 9.06. The number of carboxylic acid groups (broad SMARTS) is 1. The first-order valence-corrected chi connectivity index (χ1v) is 6.17. The molecule has 1 aliphatic carbocycles. The van der Waals surface area contributed by atoms with E-state index in [0.29, 0.717) is 17.6 Å². The molecule has 3 unspecified atom stereocenters. The van der Waals surface area contributed by atoms with E-state index in [2.05, 4.69) is 6.92 Å². The number of hydrogen-bond donors (Lipinski definition) is 2. The van der Waals surface area contributed by atoms with Crippen molar-refractivity contribution in [1.82, 2.24) is 0 Å². The fourth-order valence-electron chi connectivity index (χ4n) is 2.19. The molecule has 5 nitrogen and oxygen atoms in total. The highest BCUT2D eigenvalue weighted by Gasteiger charge is 2.37. The van der Waals surface area contributed by atoms with Gasteiger partial charge in [-0.3, -0.25) is 0 Å². The van der Waals surface area contributed by atoms with Gasteiger partial charge in [0.25, 0.3) is 0 Å². The average molecular weight is 262 g/mol. The number of aliphatic hydroxyl groups is 1. The lowest BCUT2D eigenvalue weighted by molar-refractivity contribution is 0.0653. The van der Waals surface area contributed by atoms with E-state index >= 15 is 0 Å². The van der Waals surface area contributed by atoms with Gasteiger partial charge in [0.15, 0.2) is 6.10 Å². The van der Waals surface area contributed by atoms with Crippen LogP contribution in [0, 0.1) is 5.92 Å². The van der Waals surface area contributed by atoms with E-state index in [1.165, 1.54) is 12.1 Å². The maximum absolute atomic E-state index is 10.7. The molecule has 0 radical (unpaired) electrons. The number of furan rings is 2. The summed E-state index contributed by atoms with van der Waals surface area (Å²) in [4.78, 5) is 10.7. The zero-order valence-corrected chi connectivity index (χ0v) is 10.4. The summed E-state index contributed by atoms with van der Waals surface area (Å²) >= 11 is 0. The molecule has 2 aromatic rings. The van der Waals surface area contributed by atoms with Gasteiger partial charge >= 0.3 is 5.97 Å². The third-order valence-electron chi connectivity index (χ3n) is 3.50. The molecule has 1 fully saturated rings. The Morgan fingerprint density at radius 3 is 2.47 bits per heavy atom. The molecule has 0 saturated heterocycles. The Morgan fingerprint density at radius 2 is 1.89 bits per heavy atom. The molecule has 19 heavy (non-hydrogen) atoms. The van der Waals surface area contributed by atoms with E-state index in [-0.39, 0.29) is 11.5 Å². The van der Waals surface area contributed by atoms with Gasteiger partial charge < -0.3 is 19.0 Å². The fourth-order valence-corrected chi connectivity index (χ4v) is 2.19. The van der Waals surface area contributed by atoms with Crippen LogP contribution < -0.4 is 0 Å². The molecule has 2 aromatic heterocycles. The van der Waals surface area contributed by atoms with Gasteiger partial charge in [0.2, 0.25) is 5.76 Å². The van der Waals surface area contributed by atoms with E-state index in [0.717, 1.165) is 12.2 Å². The summed E-state index contributed by atoms with van der Waals surface area (Å²) in [5, 5.41) is 18.9. The lowest BCUT2D eigenvalue weighted by atomic mass is 10.2. The minimum absolute atomic E-state index is 0.169. The van der Waals surface area contributed by atoms with Crippen LogP contribution in [0.4, 0.5) is 0 Å². The largest absolute Gasteiger partial charge is 0.475 e. The Morgan fingerprint density at radius 1 is 1.26 bits per heavy atom. The van der Waals surface area contributed by atoms with Gasteiger partial charge in [0.05, 0.1) is 0 Å². The molecule has 5 heteroatoms. The van der Waals surface area contributed by atoms with Gasteiger partial charge in [-0.25, -0.2) is 4.79 Å². The Bertz CT molecular complexity index is 609. The summed E-state index contributed by atoms with van der Waals surface area (Å²) < 4.78 is 10.7. The number of hydrogen-bond acceptors (Lipinski definition) is 4. The van der Waals surface area contributed by atoms with Crippen molar-refractivity contribution in [2.45, 2.75) is 25.4 Å². The molecule has 0 aliphatic heterocycles. The normalized spacial score (nSPS) is 23.3. The quantitative estimate of drug-likeness (QED) is 0.885. The third kappa shape index (κ3) is 2.17. The van der Waals surface area contributed by atoms with Crippen molar-refractivity contribution in [1.29, 1.82) is 0 Å². The zero-order valence-electron chi connectivity index (χ0n) is 10.4. The van der Waals surface area contributed by atoms with E-state index in [1.807, 2.05) is 6.07 Å².